The van der Waals surface area contributed by atoms with Gasteiger partial charge in [0.2, 0.25) is 0 Å². The van der Waals surface area contributed by atoms with E-state index in [9.17, 15) is 46.0 Å². The van der Waals surface area contributed by atoms with E-state index in [0.29, 0.717) is 6.42 Å². The standard InChI is InChI=1S/C26H48O15/c1-2-3-4-5-6-7-8-36-26-22(35)23(41-24-14(30)9-13(29)15(10-27)38-24)19(32)17(40-26)12-37-25-21(34)20(33)18(31)16(11-28)39-25/h13-35H,2-12H2,1H3/t13-,14-,15+,16+,17+,18+,19+,20-,21-,22-,23-,24+,25-,26+/m0/s1. The molecule has 14 atom stereocenters. The van der Waals surface area contributed by atoms with Gasteiger partial charge in [-0.25, -0.2) is 0 Å². The van der Waals surface area contributed by atoms with Crippen LogP contribution in [0.3, 0.4) is 0 Å². The zero-order chi connectivity index (χ0) is 30.1. The molecular formula is C26H48O15. The molecule has 3 fully saturated rings. The summed E-state index contributed by atoms with van der Waals surface area (Å²) in [6.07, 6.45) is -13.8. The summed E-state index contributed by atoms with van der Waals surface area (Å²) in [6, 6.07) is 0. The van der Waals surface area contributed by atoms with Gasteiger partial charge in [0.05, 0.1) is 25.9 Å². The Bertz CT molecular complexity index is 731. The minimum Gasteiger partial charge on any atom is -0.394 e. The Morgan fingerprint density at radius 1 is 0.585 bits per heavy atom. The molecule has 9 N–H and O–H groups in total. The molecule has 0 spiro atoms. The maximum absolute atomic E-state index is 11.1. The molecule has 0 saturated carbocycles. The van der Waals surface area contributed by atoms with E-state index in [4.69, 9.17) is 28.4 Å². The van der Waals surface area contributed by atoms with Crippen LogP contribution in [0.4, 0.5) is 0 Å². The lowest BCUT2D eigenvalue weighted by Crippen LogP contribution is -2.63. The number of unbranched alkanes of at least 4 members (excludes halogenated alkanes) is 5. The predicted molar refractivity (Wildman–Crippen MR) is 137 cm³/mol. The highest BCUT2D eigenvalue weighted by atomic mass is 16.7. The van der Waals surface area contributed by atoms with Crippen molar-refractivity contribution in [3.05, 3.63) is 0 Å². The van der Waals surface area contributed by atoms with Gasteiger partial charge in [-0.15, -0.1) is 0 Å². The molecule has 3 heterocycles. The number of hydrogen-bond donors (Lipinski definition) is 9. The third-order valence-electron chi connectivity index (χ3n) is 7.70. The van der Waals surface area contributed by atoms with Gasteiger partial charge in [0.15, 0.2) is 18.9 Å². The van der Waals surface area contributed by atoms with Gasteiger partial charge in [0.1, 0.15) is 61.0 Å². The molecule has 41 heavy (non-hydrogen) atoms. The van der Waals surface area contributed by atoms with Crippen LogP contribution in [0.1, 0.15) is 51.9 Å². The molecule has 0 radical (unpaired) electrons. The first kappa shape index (κ1) is 34.9. The lowest BCUT2D eigenvalue weighted by Gasteiger charge is -2.46. The van der Waals surface area contributed by atoms with Crippen LogP contribution >= 0.6 is 0 Å². The lowest BCUT2D eigenvalue weighted by atomic mass is 9.97. The van der Waals surface area contributed by atoms with Crippen LogP contribution in [-0.4, -0.2) is 158 Å². The molecule has 0 aromatic rings. The fourth-order valence-corrected chi connectivity index (χ4v) is 5.12. The smallest absolute Gasteiger partial charge is 0.186 e. The summed E-state index contributed by atoms with van der Waals surface area (Å²) >= 11 is 0. The number of rotatable bonds is 15. The van der Waals surface area contributed by atoms with Crippen molar-refractivity contribution in [2.24, 2.45) is 0 Å². The first-order valence-electron chi connectivity index (χ1n) is 14.5. The second-order valence-corrected chi connectivity index (χ2v) is 10.9. The highest BCUT2D eigenvalue weighted by molar-refractivity contribution is 4.93. The second-order valence-electron chi connectivity index (χ2n) is 10.9. The van der Waals surface area contributed by atoms with Crippen LogP contribution in [0, 0.1) is 0 Å². The average Bonchev–Trinajstić information content (AvgIpc) is 2.95. The number of hydrogen-bond acceptors (Lipinski definition) is 15. The van der Waals surface area contributed by atoms with Gasteiger partial charge in [-0.2, -0.15) is 0 Å². The van der Waals surface area contributed by atoms with Crippen molar-refractivity contribution in [1.82, 2.24) is 0 Å². The minimum atomic E-state index is -1.68. The second kappa shape index (κ2) is 17.0. The van der Waals surface area contributed by atoms with Crippen molar-refractivity contribution < 1.29 is 74.4 Å². The lowest BCUT2D eigenvalue weighted by molar-refractivity contribution is -0.358. The summed E-state index contributed by atoms with van der Waals surface area (Å²) in [4.78, 5) is 0. The zero-order valence-corrected chi connectivity index (χ0v) is 23.3. The van der Waals surface area contributed by atoms with Gasteiger partial charge >= 0.3 is 0 Å². The quantitative estimate of drug-likeness (QED) is 0.0844. The van der Waals surface area contributed by atoms with Gasteiger partial charge in [0.25, 0.3) is 0 Å². The first-order valence-corrected chi connectivity index (χ1v) is 14.5. The van der Waals surface area contributed by atoms with Crippen LogP contribution in [0.5, 0.6) is 0 Å². The Morgan fingerprint density at radius 3 is 1.88 bits per heavy atom. The third kappa shape index (κ3) is 9.20. The van der Waals surface area contributed by atoms with Crippen molar-refractivity contribution >= 4 is 0 Å². The molecule has 242 valence electrons. The minimum absolute atomic E-state index is 0.174. The van der Waals surface area contributed by atoms with Crippen molar-refractivity contribution in [3.8, 4) is 0 Å². The van der Waals surface area contributed by atoms with Crippen LogP contribution in [0.15, 0.2) is 0 Å². The Kier molecular flexibility index (Phi) is 14.5. The third-order valence-corrected chi connectivity index (χ3v) is 7.70. The van der Waals surface area contributed by atoms with E-state index in [1.807, 2.05) is 0 Å². The van der Waals surface area contributed by atoms with E-state index in [2.05, 4.69) is 6.92 Å². The molecule has 0 amide bonds. The number of aliphatic hydroxyl groups excluding tert-OH is 9. The van der Waals surface area contributed by atoms with Crippen LogP contribution in [0.2, 0.25) is 0 Å². The molecule has 3 aliphatic rings. The molecular weight excluding hydrogens is 552 g/mol. The van der Waals surface area contributed by atoms with Crippen molar-refractivity contribution in [2.75, 3.05) is 26.4 Å². The van der Waals surface area contributed by atoms with E-state index >= 15 is 0 Å². The molecule has 0 unspecified atom stereocenters. The molecule has 0 aromatic heterocycles. The molecule has 0 aromatic carbocycles. The van der Waals surface area contributed by atoms with E-state index in [1.54, 1.807) is 0 Å². The Balaban J connectivity index is 1.67. The van der Waals surface area contributed by atoms with Crippen molar-refractivity contribution in [3.63, 3.8) is 0 Å². The molecule has 0 aliphatic carbocycles. The molecule has 3 aliphatic heterocycles. The summed E-state index contributed by atoms with van der Waals surface area (Å²) in [7, 11) is 0. The average molecular weight is 601 g/mol. The molecule has 15 heteroatoms. The van der Waals surface area contributed by atoms with E-state index in [-0.39, 0.29) is 13.0 Å². The van der Waals surface area contributed by atoms with Crippen molar-refractivity contribution in [1.29, 1.82) is 0 Å². The highest BCUT2D eigenvalue weighted by Gasteiger charge is 2.50. The monoisotopic (exact) mass is 600 g/mol. The Labute approximate surface area is 239 Å². The maximum atomic E-state index is 11.1. The van der Waals surface area contributed by atoms with Gasteiger partial charge in [-0.05, 0) is 6.42 Å². The normalized spacial score (nSPS) is 43.8. The summed E-state index contributed by atoms with van der Waals surface area (Å²) in [6.45, 7) is 0.694. The van der Waals surface area contributed by atoms with Crippen LogP contribution in [0.25, 0.3) is 0 Å². The predicted octanol–water partition coefficient (Wildman–Crippen LogP) is -3.16. The zero-order valence-electron chi connectivity index (χ0n) is 23.3. The van der Waals surface area contributed by atoms with Gasteiger partial charge in [-0.3, -0.25) is 0 Å². The topological polar surface area (TPSA) is 237 Å². The van der Waals surface area contributed by atoms with Gasteiger partial charge < -0.3 is 74.4 Å². The summed E-state index contributed by atoms with van der Waals surface area (Å²) < 4.78 is 33.7. The maximum Gasteiger partial charge on any atom is 0.186 e. The van der Waals surface area contributed by atoms with Crippen molar-refractivity contribution in [2.45, 2.75) is 138 Å². The Morgan fingerprint density at radius 2 is 1.20 bits per heavy atom. The fraction of sp³-hybridized carbons (Fsp3) is 1.00. The van der Waals surface area contributed by atoms with Gasteiger partial charge in [-0.1, -0.05) is 39.0 Å². The molecule has 15 nitrogen and oxygen atoms in total. The van der Waals surface area contributed by atoms with E-state index < -0.39 is 106 Å². The van der Waals surface area contributed by atoms with Crippen LogP contribution in [-0.2, 0) is 28.4 Å². The molecule has 3 rings (SSSR count). The summed E-state index contributed by atoms with van der Waals surface area (Å²) in [5.74, 6) is 0. The number of ether oxygens (including phenoxy) is 6. The SMILES string of the molecule is CCCCCCCCO[C@@H]1O[C@H](CO[C@H]2O[C@H](CO)[C@@H](O)[C@H](O)[C@@H]2O)[C@@H](O)[C@H](O[C@H]2O[C@H](CO)[C@@H](O)C[C@@H]2O)[C@@H]1O. The fourth-order valence-electron chi connectivity index (χ4n) is 5.12. The van der Waals surface area contributed by atoms with Crippen LogP contribution < -0.4 is 0 Å². The summed E-state index contributed by atoms with van der Waals surface area (Å²) in [5, 5.41) is 91.7. The van der Waals surface area contributed by atoms with E-state index in [0.717, 1.165) is 32.1 Å². The summed E-state index contributed by atoms with van der Waals surface area (Å²) in [5.41, 5.74) is 0. The van der Waals surface area contributed by atoms with E-state index in [1.165, 1.54) is 0 Å². The number of aliphatic hydroxyl groups is 9. The molecule has 3 saturated heterocycles. The largest absolute Gasteiger partial charge is 0.394 e. The van der Waals surface area contributed by atoms with Gasteiger partial charge in [0, 0.05) is 13.0 Å². The Hall–Kier alpha value is -0.600. The molecule has 0 bridgehead atoms. The highest BCUT2D eigenvalue weighted by Crippen LogP contribution is 2.31. The first-order chi connectivity index (χ1) is 19.6.